The van der Waals surface area contributed by atoms with Crippen molar-refractivity contribution >= 4 is 17.8 Å². The number of carboxylic acids is 1. The van der Waals surface area contributed by atoms with Crippen LogP contribution in [0.3, 0.4) is 0 Å². The molecular formula is C25H33N5O4. The number of nitrogens with two attached hydrogens (primary N) is 1. The van der Waals surface area contributed by atoms with Crippen LogP contribution in [0.5, 0.6) is 0 Å². The van der Waals surface area contributed by atoms with Crippen molar-refractivity contribution in [1.29, 1.82) is 0 Å². The fourth-order valence-electron chi connectivity index (χ4n) is 5.14. The number of carbonyl (C=O) groups excluding carboxylic acids is 2. The Balaban J connectivity index is 1.38. The number of rotatable bonds is 8. The number of aliphatic carboxylic acids is 1. The fourth-order valence-corrected chi connectivity index (χ4v) is 5.14. The van der Waals surface area contributed by atoms with Crippen molar-refractivity contribution in [2.75, 3.05) is 19.6 Å². The normalized spacial score (nSPS) is 21.1. The molecule has 3 atom stereocenters. The third-order valence-electron chi connectivity index (χ3n) is 6.97. The molecule has 4 rings (SSSR count). The molecule has 0 saturated carbocycles. The van der Waals surface area contributed by atoms with E-state index in [0.717, 1.165) is 42.8 Å². The van der Waals surface area contributed by atoms with Crippen molar-refractivity contribution in [3.8, 4) is 11.3 Å². The van der Waals surface area contributed by atoms with Crippen LogP contribution in [0.1, 0.15) is 37.7 Å². The van der Waals surface area contributed by atoms with Crippen LogP contribution in [-0.2, 0) is 27.9 Å². The predicted molar refractivity (Wildman–Crippen MR) is 127 cm³/mol. The molecular weight excluding hydrogens is 434 g/mol. The highest BCUT2D eigenvalue weighted by atomic mass is 16.4. The molecule has 1 aromatic carbocycles. The standard InChI is InChI=1S/C25H33N5O4/c1-28-21(9-10-27-28)19-6-4-5-17(14-19)13-18-15-22(25(33)34)30(16-18)24(32)20(26)7-8-23(31)29-11-2-3-12-29/h4-6,9-10,14,18,20,22H,2-3,7-8,11-13,15-16,26H2,1H3,(H,33,34)/t18-,20?,22+/m1/s1. The van der Waals surface area contributed by atoms with Gasteiger partial charge in [-0.1, -0.05) is 18.2 Å². The van der Waals surface area contributed by atoms with E-state index < -0.39 is 18.1 Å². The summed E-state index contributed by atoms with van der Waals surface area (Å²) in [4.78, 5) is 40.5. The zero-order valence-electron chi connectivity index (χ0n) is 19.6. The Morgan fingerprint density at radius 3 is 2.65 bits per heavy atom. The third kappa shape index (κ3) is 5.30. The van der Waals surface area contributed by atoms with Crippen LogP contribution in [0, 0.1) is 5.92 Å². The molecule has 3 heterocycles. The molecule has 34 heavy (non-hydrogen) atoms. The first-order valence-corrected chi connectivity index (χ1v) is 12.0. The summed E-state index contributed by atoms with van der Waals surface area (Å²) in [5, 5.41) is 14.0. The van der Waals surface area contributed by atoms with Gasteiger partial charge in [-0.2, -0.15) is 5.10 Å². The maximum absolute atomic E-state index is 13.0. The summed E-state index contributed by atoms with van der Waals surface area (Å²) in [7, 11) is 1.89. The second-order valence-corrected chi connectivity index (χ2v) is 9.42. The van der Waals surface area contributed by atoms with Crippen molar-refractivity contribution in [3.63, 3.8) is 0 Å². The lowest BCUT2D eigenvalue weighted by Gasteiger charge is -2.25. The predicted octanol–water partition coefficient (Wildman–Crippen LogP) is 1.66. The molecule has 1 aromatic heterocycles. The zero-order valence-corrected chi connectivity index (χ0v) is 19.6. The smallest absolute Gasteiger partial charge is 0.326 e. The largest absolute Gasteiger partial charge is 0.480 e. The van der Waals surface area contributed by atoms with Gasteiger partial charge in [0, 0.05) is 44.9 Å². The van der Waals surface area contributed by atoms with Gasteiger partial charge in [0.1, 0.15) is 6.04 Å². The maximum atomic E-state index is 13.0. The first-order chi connectivity index (χ1) is 16.3. The average Bonchev–Trinajstić information content (AvgIpc) is 3.58. The van der Waals surface area contributed by atoms with Crippen LogP contribution >= 0.6 is 0 Å². The molecule has 2 saturated heterocycles. The van der Waals surface area contributed by atoms with E-state index in [-0.39, 0.29) is 30.6 Å². The quantitative estimate of drug-likeness (QED) is 0.609. The minimum Gasteiger partial charge on any atom is -0.480 e. The molecule has 0 aliphatic carbocycles. The highest BCUT2D eigenvalue weighted by molar-refractivity contribution is 5.88. The van der Waals surface area contributed by atoms with Crippen LogP contribution < -0.4 is 5.73 Å². The van der Waals surface area contributed by atoms with Gasteiger partial charge < -0.3 is 20.6 Å². The Labute approximate surface area is 199 Å². The lowest BCUT2D eigenvalue weighted by atomic mass is 9.95. The number of hydrogen-bond acceptors (Lipinski definition) is 5. The Kier molecular flexibility index (Phi) is 7.31. The zero-order chi connectivity index (χ0) is 24.2. The lowest BCUT2D eigenvalue weighted by molar-refractivity contribution is -0.148. The van der Waals surface area contributed by atoms with Gasteiger partial charge in [-0.3, -0.25) is 14.3 Å². The number of likely N-dealkylation sites (tertiary alicyclic amines) is 2. The fraction of sp³-hybridized carbons (Fsp3) is 0.520. The summed E-state index contributed by atoms with van der Waals surface area (Å²) < 4.78 is 1.81. The Bertz CT molecular complexity index is 1050. The van der Waals surface area contributed by atoms with E-state index in [9.17, 15) is 19.5 Å². The maximum Gasteiger partial charge on any atom is 0.326 e. The van der Waals surface area contributed by atoms with Crippen molar-refractivity contribution in [2.24, 2.45) is 18.7 Å². The number of amides is 2. The number of carbonyl (C=O) groups is 3. The molecule has 9 nitrogen and oxygen atoms in total. The molecule has 2 aliphatic rings. The first kappa shape index (κ1) is 23.9. The van der Waals surface area contributed by atoms with Crippen molar-refractivity contribution < 1.29 is 19.5 Å². The third-order valence-corrected chi connectivity index (χ3v) is 6.97. The van der Waals surface area contributed by atoms with Gasteiger partial charge in [-0.15, -0.1) is 0 Å². The van der Waals surface area contributed by atoms with E-state index >= 15 is 0 Å². The highest BCUT2D eigenvalue weighted by Crippen LogP contribution is 2.29. The molecule has 2 fully saturated rings. The van der Waals surface area contributed by atoms with Crippen molar-refractivity contribution in [1.82, 2.24) is 19.6 Å². The highest BCUT2D eigenvalue weighted by Gasteiger charge is 2.41. The minimum atomic E-state index is -1.01. The minimum absolute atomic E-state index is 0.0168. The molecule has 1 unspecified atom stereocenters. The van der Waals surface area contributed by atoms with E-state index in [0.29, 0.717) is 19.4 Å². The van der Waals surface area contributed by atoms with Gasteiger partial charge >= 0.3 is 5.97 Å². The monoisotopic (exact) mass is 467 g/mol. The Morgan fingerprint density at radius 2 is 1.97 bits per heavy atom. The number of hydrogen-bond donors (Lipinski definition) is 2. The first-order valence-electron chi connectivity index (χ1n) is 12.0. The summed E-state index contributed by atoms with van der Waals surface area (Å²) in [5.41, 5.74) is 9.26. The van der Waals surface area contributed by atoms with Crippen LogP contribution in [0.25, 0.3) is 11.3 Å². The molecule has 2 aromatic rings. The number of aryl methyl sites for hydroxylation is 1. The van der Waals surface area contributed by atoms with Crippen molar-refractivity contribution in [3.05, 3.63) is 42.1 Å². The molecule has 2 aliphatic heterocycles. The van der Waals surface area contributed by atoms with Crippen LogP contribution in [-0.4, -0.2) is 74.2 Å². The van der Waals surface area contributed by atoms with Gasteiger partial charge in [-0.25, -0.2) is 4.79 Å². The molecule has 9 heteroatoms. The molecule has 182 valence electrons. The summed E-state index contributed by atoms with van der Waals surface area (Å²) in [6.45, 7) is 1.87. The summed E-state index contributed by atoms with van der Waals surface area (Å²) in [5.74, 6) is -1.36. The molecule has 2 amide bonds. The summed E-state index contributed by atoms with van der Waals surface area (Å²) in [6, 6.07) is 8.30. The van der Waals surface area contributed by atoms with Crippen LogP contribution in [0.15, 0.2) is 36.5 Å². The number of carboxylic acid groups (broad SMARTS) is 1. The van der Waals surface area contributed by atoms with Gasteiger partial charge in [-0.05, 0) is 55.7 Å². The summed E-state index contributed by atoms with van der Waals surface area (Å²) in [6.07, 6.45) is 5.27. The van der Waals surface area contributed by atoms with Crippen LogP contribution in [0.4, 0.5) is 0 Å². The van der Waals surface area contributed by atoms with E-state index in [2.05, 4.69) is 11.2 Å². The van der Waals surface area contributed by atoms with E-state index in [1.165, 1.54) is 4.90 Å². The van der Waals surface area contributed by atoms with Crippen LogP contribution in [0.2, 0.25) is 0 Å². The van der Waals surface area contributed by atoms with Crippen molar-refractivity contribution in [2.45, 2.75) is 50.6 Å². The van der Waals surface area contributed by atoms with Gasteiger partial charge in [0.2, 0.25) is 11.8 Å². The SMILES string of the molecule is Cn1nccc1-c1cccc(C[C@@H]2C[C@@H](C(=O)O)N(C(=O)C(N)CCC(=O)N3CCCC3)C2)c1. The summed E-state index contributed by atoms with van der Waals surface area (Å²) >= 11 is 0. The number of benzene rings is 1. The topological polar surface area (TPSA) is 122 Å². The van der Waals surface area contributed by atoms with Gasteiger partial charge in [0.05, 0.1) is 11.7 Å². The lowest BCUT2D eigenvalue weighted by Crippen LogP contribution is -2.48. The Hall–Kier alpha value is -3.20. The average molecular weight is 468 g/mol. The Morgan fingerprint density at radius 1 is 1.21 bits per heavy atom. The molecule has 0 bridgehead atoms. The number of aromatic nitrogens is 2. The molecule has 0 spiro atoms. The van der Waals surface area contributed by atoms with E-state index in [1.54, 1.807) is 6.20 Å². The molecule has 3 N–H and O–H groups in total. The second-order valence-electron chi connectivity index (χ2n) is 9.42. The van der Waals surface area contributed by atoms with Gasteiger partial charge in [0.25, 0.3) is 0 Å². The van der Waals surface area contributed by atoms with E-state index in [4.69, 9.17) is 5.73 Å². The molecule has 0 radical (unpaired) electrons. The number of nitrogens with zero attached hydrogens (tertiary/aromatic N) is 4. The van der Waals surface area contributed by atoms with Gasteiger partial charge in [0.15, 0.2) is 0 Å². The van der Waals surface area contributed by atoms with E-state index in [1.807, 2.05) is 40.9 Å². The second kappa shape index (κ2) is 10.4.